The predicted molar refractivity (Wildman–Crippen MR) is 65.4 cm³/mol. The third kappa shape index (κ3) is 4.01. The first-order chi connectivity index (χ1) is 7.63. The summed E-state index contributed by atoms with van der Waals surface area (Å²) in [4.78, 5) is 11.5. The van der Waals surface area contributed by atoms with Crippen LogP contribution in [0.5, 0.6) is 0 Å². The van der Waals surface area contributed by atoms with E-state index in [1.54, 1.807) is 11.4 Å². The summed E-state index contributed by atoms with van der Waals surface area (Å²) in [5, 5.41) is 17.1. The highest BCUT2D eigenvalue weighted by molar-refractivity contribution is 7.14. The molecule has 5 heteroatoms. The molecule has 4 nitrogen and oxygen atoms in total. The SMILES string of the molecule is CC(C)NCCC(=O)Nc1sccc1C#N. The Balaban J connectivity index is 2.38. The molecule has 1 heterocycles. The summed E-state index contributed by atoms with van der Waals surface area (Å²) < 4.78 is 0. The van der Waals surface area contributed by atoms with Crippen LogP contribution >= 0.6 is 11.3 Å². The lowest BCUT2D eigenvalue weighted by atomic mass is 10.3. The summed E-state index contributed by atoms with van der Waals surface area (Å²) in [5.74, 6) is -0.0629. The van der Waals surface area contributed by atoms with Crippen LogP contribution in [-0.4, -0.2) is 18.5 Å². The van der Waals surface area contributed by atoms with Gasteiger partial charge in [0.15, 0.2) is 0 Å². The molecule has 1 amide bonds. The fourth-order valence-electron chi connectivity index (χ4n) is 1.16. The van der Waals surface area contributed by atoms with Crippen molar-refractivity contribution in [1.82, 2.24) is 5.32 Å². The maximum absolute atomic E-state index is 11.5. The zero-order chi connectivity index (χ0) is 12.0. The van der Waals surface area contributed by atoms with Crippen molar-refractivity contribution in [2.24, 2.45) is 0 Å². The molecule has 0 saturated carbocycles. The maximum Gasteiger partial charge on any atom is 0.226 e. The lowest BCUT2D eigenvalue weighted by molar-refractivity contribution is -0.116. The molecular formula is C11H15N3OS. The number of thiophene rings is 1. The molecule has 16 heavy (non-hydrogen) atoms. The Hall–Kier alpha value is -1.38. The van der Waals surface area contributed by atoms with Gasteiger partial charge in [-0.05, 0) is 11.4 Å². The average molecular weight is 237 g/mol. The van der Waals surface area contributed by atoms with Gasteiger partial charge in [-0.15, -0.1) is 11.3 Å². The number of carbonyl (C=O) groups excluding carboxylic acids is 1. The summed E-state index contributed by atoms with van der Waals surface area (Å²) in [6.45, 7) is 4.71. The molecule has 0 spiro atoms. The third-order valence-electron chi connectivity index (χ3n) is 1.94. The number of nitriles is 1. The molecule has 0 aliphatic rings. The lowest BCUT2D eigenvalue weighted by Gasteiger charge is -2.07. The van der Waals surface area contributed by atoms with Crippen molar-refractivity contribution in [3.63, 3.8) is 0 Å². The van der Waals surface area contributed by atoms with E-state index in [-0.39, 0.29) is 5.91 Å². The van der Waals surface area contributed by atoms with E-state index in [0.29, 0.717) is 29.6 Å². The number of nitrogens with one attached hydrogen (secondary N) is 2. The van der Waals surface area contributed by atoms with E-state index in [1.807, 2.05) is 19.9 Å². The smallest absolute Gasteiger partial charge is 0.226 e. The number of hydrogen-bond donors (Lipinski definition) is 2. The Morgan fingerprint density at radius 1 is 1.62 bits per heavy atom. The molecule has 0 saturated heterocycles. The van der Waals surface area contributed by atoms with E-state index in [4.69, 9.17) is 5.26 Å². The van der Waals surface area contributed by atoms with Crippen LogP contribution in [0.1, 0.15) is 25.8 Å². The Labute approximate surface area is 99.3 Å². The molecule has 1 rings (SSSR count). The van der Waals surface area contributed by atoms with Crippen LogP contribution in [0.25, 0.3) is 0 Å². The van der Waals surface area contributed by atoms with Crippen LogP contribution in [0.15, 0.2) is 11.4 Å². The Morgan fingerprint density at radius 3 is 3.00 bits per heavy atom. The number of anilines is 1. The van der Waals surface area contributed by atoms with Crippen molar-refractivity contribution >= 4 is 22.2 Å². The molecular weight excluding hydrogens is 222 g/mol. The zero-order valence-corrected chi connectivity index (χ0v) is 10.2. The van der Waals surface area contributed by atoms with Gasteiger partial charge >= 0.3 is 0 Å². The fourth-order valence-corrected chi connectivity index (χ4v) is 1.91. The van der Waals surface area contributed by atoms with Gasteiger partial charge in [0.25, 0.3) is 0 Å². The number of nitrogens with zero attached hydrogens (tertiary/aromatic N) is 1. The van der Waals surface area contributed by atoms with Gasteiger partial charge in [-0.1, -0.05) is 13.8 Å². The fraction of sp³-hybridized carbons (Fsp3) is 0.455. The minimum absolute atomic E-state index is 0.0629. The average Bonchev–Trinajstić information content (AvgIpc) is 2.64. The standard InChI is InChI=1S/C11H15N3OS/c1-8(2)13-5-3-10(15)14-11-9(7-12)4-6-16-11/h4,6,8,13H,3,5H2,1-2H3,(H,14,15). The largest absolute Gasteiger partial charge is 0.317 e. The Bertz CT molecular complexity index is 392. The van der Waals surface area contributed by atoms with Crippen molar-refractivity contribution in [3.8, 4) is 6.07 Å². The van der Waals surface area contributed by atoms with Crippen LogP contribution in [-0.2, 0) is 4.79 Å². The van der Waals surface area contributed by atoms with E-state index in [0.717, 1.165) is 0 Å². The van der Waals surface area contributed by atoms with Gasteiger partial charge in [0.05, 0.1) is 5.56 Å². The van der Waals surface area contributed by atoms with Crippen molar-refractivity contribution in [1.29, 1.82) is 5.26 Å². The van der Waals surface area contributed by atoms with Gasteiger partial charge in [-0.25, -0.2) is 0 Å². The highest BCUT2D eigenvalue weighted by Crippen LogP contribution is 2.21. The molecule has 0 aliphatic carbocycles. The van der Waals surface area contributed by atoms with E-state index in [2.05, 4.69) is 10.6 Å². The van der Waals surface area contributed by atoms with Crippen LogP contribution in [0.4, 0.5) is 5.00 Å². The van der Waals surface area contributed by atoms with Crippen LogP contribution in [0, 0.1) is 11.3 Å². The number of carbonyl (C=O) groups is 1. The third-order valence-corrected chi connectivity index (χ3v) is 2.77. The first-order valence-corrected chi connectivity index (χ1v) is 6.02. The highest BCUT2D eigenvalue weighted by Gasteiger charge is 2.07. The Kier molecular flexibility index (Phi) is 4.96. The van der Waals surface area contributed by atoms with Gasteiger partial charge in [-0.3, -0.25) is 4.79 Å². The van der Waals surface area contributed by atoms with Gasteiger partial charge in [-0.2, -0.15) is 5.26 Å². The molecule has 86 valence electrons. The molecule has 2 N–H and O–H groups in total. The highest BCUT2D eigenvalue weighted by atomic mass is 32.1. The molecule has 0 radical (unpaired) electrons. The molecule has 0 aliphatic heterocycles. The normalized spacial score (nSPS) is 10.1. The van der Waals surface area contributed by atoms with Crippen molar-refractivity contribution in [2.75, 3.05) is 11.9 Å². The molecule has 1 aromatic heterocycles. The summed E-state index contributed by atoms with van der Waals surface area (Å²) >= 11 is 1.37. The van der Waals surface area contributed by atoms with Gasteiger partial charge in [0.2, 0.25) is 5.91 Å². The molecule has 0 unspecified atom stereocenters. The van der Waals surface area contributed by atoms with Gasteiger partial charge in [0.1, 0.15) is 11.1 Å². The van der Waals surface area contributed by atoms with E-state index >= 15 is 0 Å². The quantitative estimate of drug-likeness (QED) is 0.822. The first kappa shape index (κ1) is 12.7. The molecule has 0 fully saturated rings. The number of amides is 1. The number of hydrogen-bond acceptors (Lipinski definition) is 4. The summed E-state index contributed by atoms with van der Waals surface area (Å²) in [7, 11) is 0. The monoisotopic (exact) mass is 237 g/mol. The molecule has 1 aromatic rings. The predicted octanol–water partition coefficient (Wildman–Crippen LogP) is 1.95. The molecule has 0 atom stereocenters. The van der Waals surface area contributed by atoms with Gasteiger partial charge in [0, 0.05) is 19.0 Å². The minimum atomic E-state index is -0.0629. The maximum atomic E-state index is 11.5. The molecule has 0 aromatic carbocycles. The van der Waals surface area contributed by atoms with E-state index < -0.39 is 0 Å². The van der Waals surface area contributed by atoms with Crippen LogP contribution < -0.4 is 10.6 Å². The number of rotatable bonds is 5. The van der Waals surface area contributed by atoms with Crippen molar-refractivity contribution < 1.29 is 4.79 Å². The second-order valence-electron chi connectivity index (χ2n) is 3.68. The molecule has 0 bridgehead atoms. The van der Waals surface area contributed by atoms with E-state index in [1.165, 1.54) is 11.3 Å². The van der Waals surface area contributed by atoms with Crippen LogP contribution in [0.3, 0.4) is 0 Å². The summed E-state index contributed by atoms with van der Waals surface area (Å²) in [5.41, 5.74) is 0.523. The summed E-state index contributed by atoms with van der Waals surface area (Å²) in [6.07, 6.45) is 0.418. The lowest BCUT2D eigenvalue weighted by Crippen LogP contribution is -2.27. The summed E-state index contributed by atoms with van der Waals surface area (Å²) in [6, 6.07) is 4.12. The minimum Gasteiger partial charge on any atom is -0.317 e. The van der Waals surface area contributed by atoms with E-state index in [9.17, 15) is 4.79 Å². The first-order valence-electron chi connectivity index (χ1n) is 5.14. The second-order valence-corrected chi connectivity index (χ2v) is 4.60. The zero-order valence-electron chi connectivity index (χ0n) is 9.41. The second kappa shape index (κ2) is 6.26. The van der Waals surface area contributed by atoms with Crippen molar-refractivity contribution in [2.45, 2.75) is 26.3 Å². The van der Waals surface area contributed by atoms with Gasteiger partial charge < -0.3 is 10.6 Å². The van der Waals surface area contributed by atoms with Crippen LogP contribution in [0.2, 0.25) is 0 Å². The Morgan fingerprint density at radius 2 is 2.38 bits per heavy atom. The topological polar surface area (TPSA) is 64.9 Å². The van der Waals surface area contributed by atoms with Crippen molar-refractivity contribution in [3.05, 3.63) is 17.0 Å².